The van der Waals surface area contributed by atoms with E-state index < -0.39 is 0 Å². The molecule has 98 valence electrons. The van der Waals surface area contributed by atoms with E-state index in [2.05, 4.69) is 15.7 Å². The van der Waals surface area contributed by atoms with Crippen LogP contribution in [-0.2, 0) is 4.79 Å². The highest BCUT2D eigenvalue weighted by atomic mass is 35.5. The summed E-state index contributed by atoms with van der Waals surface area (Å²) >= 11 is 6.21. The van der Waals surface area contributed by atoms with Crippen molar-refractivity contribution in [3.63, 3.8) is 0 Å². The van der Waals surface area contributed by atoms with E-state index in [9.17, 15) is 4.79 Å². The number of anilines is 1. The summed E-state index contributed by atoms with van der Waals surface area (Å²) in [5.41, 5.74) is 1.36. The molecule has 2 heterocycles. The monoisotopic (exact) mass is 276 g/mol. The van der Waals surface area contributed by atoms with E-state index in [-0.39, 0.29) is 11.8 Å². The van der Waals surface area contributed by atoms with Crippen LogP contribution in [0.3, 0.4) is 0 Å². The molecule has 3 rings (SSSR count). The number of nitrogens with one attached hydrogen (secondary N) is 2. The molecule has 0 atom stereocenters. The Kier molecular flexibility index (Phi) is 3.23. The van der Waals surface area contributed by atoms with Crippen molar-refractivity contribution in [2.24, 2.45) is 5.92 Å². The van der Waals surface area contributed by atoms with Crippen LogP contribution >= 0.6 is 11.6 Å². The molecule has 1 saturated heterocycles. The number of nitrogens with zero attached hydrogens (tertiary/aromatic N) is 2. The van der Waals surface area contributed by atoms with E-state index >= 15 is 0 Å². The number of benzene rings is 1. The van der Waals surface area contributed by atoms with Crippen LogP contribution in [0.1, 0.15) is 0 Å². The van der Waals surface area contributed by atoms with E-state index in [1.54, 1.807) is 23.1 Å². The predicted molar refractivity (Wildman–Crippen MR) is 73.6 cm³/mol. The van der Waals surface area contributed by atoms with E-state index in [0.717, 1.165) is 13.1 Å². The standard InChI is InChI=1S/C13H13ClN4O/c14-10-3-1-4-11(12(10)18-6-2-5-16-18)17-13(19)9-7-15-8-9/h1-6,9,15H,7-8H2,(H,17,19). The van der Waals surface area contributed by atoms with Gasteiger partial charge in [-0.15, -0.1) is 0 Å². The lowest BCUT2D eigenvalue weighted by Crippen LogP contribution is -2.48. The fourth-order valence-electron chi connectivity index (χ4n) is 1.96. The van der Waals surface area contributed by atoms with E-state index in [1.165, 1.54) is 0 Å². The molecule has 5 nitrogen and oxygen atoms in total. The zero-order valence-corrected chi connectivity index (χ0v) is 10.9. The average Bonchev–Trinajstić information content (AvgIpc) is 2.79. The molecule has 0 aliphatic carbocycles. The molecule has 1 aliphatic rings. The summed E-state index contributed by atoms with van der Waals surface area (Å²) in [7, 11) is 0. The zero-order chi connectivity index (χ0) is 13.2. The summed E-state index contributed by atoms with van der Waals surface area (Å²) in [4.78, 5) is 12.0. The first kappa shape index (κ1) is 12.2. The third-order valence-corrected chi connectivity index (χ3v) is 3.44. The molecule has 1 fully saturated rings. The Morgan fingerprint density at radius 1 is 1.42 bits per heavy atom. The van der Waals surface area contributed by atoms with E-state index in [4.69, 9.17) is 11.6 Å². The highest BCUT2D eigenvalue weighted by Crippen LogP contribution is 2.28. The average molecular weight is 277 g/mol. The lowest BCUT2D eigenvalue weighted by molar-refractivity contribution is -0.121. The number of halogens is 1. The minimum Gasteiger partial charge on any atom is -0.324 e. The minimum atomic E-state index is 0.00872. The van der Waals surface area contributed by atoms with Gasteiger partial charge in [0.2, 0.25) is 5.91 Å². The van der Waals surface area contributed by atoms with Gasteiger partial charge < -0.3 is 10.6 Å². The number of amides is 1. The predicted octanol–water partition coefficient (Wildman–Crippen LogP) is 1.68. The second-order valence-corrected chi connectivity index (χ2v) is 4.84. The minimum absolute atomic E-state index is 0.00872. The number of aromatic nitrogens is 2. The van der Waals surface area contributed by atoms with Gasteiger partial charge >= 0.3 is 0 Å². The van der Waals surface area contributed by atoms with E-state index in [1.807, 2.05) is 18.2 Å². The highest BCUT2D eigenvalue weighted by molar-refractivity contribution is 6.33. The Hall–Kier alpha value is -1.85. The summed E-state index contributed by atoms with van der Waals surface area (Å²) in [6, 6.07) is 7.22. The molecule has 1 amide bonds. The van der Waals surface area contributed by atoms with Gasteiger partial charge in [-0.1, -0.05) is 17.7 Å². The van der Waals surface area contributed by atoms with Crippen LogP contribution in [0.5, 0.6) is 0 Å². The zero-order valence-electron chi connectivity index (χ0n) is 10.1. The fourth-order valence-corrected chi connectivity index (χ4v) is 2.22. The molecule has 1 aliphatic heterocycles. The maximum absolute atomic E-state index is 12.0. The van der Waals surface area contributed by atoms with Gasteiger partial charge in [0.15, 0.2) is 0 Å². The van der Waals surface area contributed by atoms with Gasteiger partial charge in [-0.3, -0.25) is 4.79 Å². The Morgan fingerprint density at radius 2 is 2.26 bits per heavy atom. The first-order valence-electron chi connectivity index (χ1n) is 6.06. The molecule has 0 unspecified atom stereocenters. The van der Waals surface area contributed by atoms with Gasteiger partial charge in [0, 0.05) is 25.5 Å². The molecule has 2 aromatic rings. The first-order valence-corrected chi connectivity index (χ1v) is 6.43. The summed E-state index contributed by atoms with van der Waals surface area (Å²) in [6.07, 6.45) is 3.46. The topological polar surface area (TPSA) is 59.0 Å². The second kappa shape index (κ2) is 5.03. The van der Waals surface area contributed by atoms with Crippen molar-refractivity contribution in [1.82, 2.24) is 15.1 Å². The van der Waals surface area contributed by atoms with Crippen molar-refractivity contribution < 1.29 is 4.79 Å². The number of carbonyl (C=O) groups excluding carboxylic acids is 1. The van der Waals surface area contributed by atoms with Crippen LogP contribution < -0.4 is 10.6 Å². The molecule has 19 heavy (non-hydrogen) atoms. The van der Waals surface area contributed by atoms with Crippen LogP contribution in [0.2, 0.25) is 5.02 Å². The van der Waals surface area contributed by atoms with Crippen molar-refractivity contribution in [2.45, 2.75) is 0 Å². The Balaban J connectivity index is 1.92. The molecule has 6 heteroatoms. The Labute approximate surface area is 115 Å². The van der Waals surface area contributed by atoms with Crippen LogP contribution in [-0.4, -0.2) is 28.8 Å². The van der Waals surface area contributed by atoms with Gasteiger partial charge in [0.05, 0.1) is 16.6 Å². The number of hydrogen-bond acceptors (Lipinski definition) is 3. The van der Waals surface area contributed by atoms with Crippen molar-refractivity contribution in [2.75, 3.05) is 18.4 Å². The van der Waals surface area contributed by atoms with Crippen LogP contribution in [0.15, 0.2) is 36.7 Å². The quantitative estimate of drug-likeness (QED) is 0.897. The molecule has 0 bridgehead atoms. The largest absolute Gasteiger partial charge is 0.324 e. The van der Waals surface area contributed by atoms with Crippen molar-refractivity contribution in [3.8, 4) is 5.69 Å². The highest BCUT2D eigenvalue weighted by Gasteiger charge is 2.25. The summed E-state index contributed by atoms with van der Waals surface area (Å²) in [5.74, 6) is 0.0406. The maximum Gasteiger partial charge on any atom is 0.230 e. The van der Waals surface area contributed by atoms with Crippen molar-refractivity contribution in [3.05, 3.63) is 41.7 Å². The summed E-state index contributed by atoms with van der Waals surface area (Å²) in [5, 5.41) is 10.7. The molecular formula is C13H13ClN4O. The van der Waals surface area contributed by atoms with Crippen molar-refractivity contribution >= 4 is 23.2 Å². The molecule has 2 N–H and O–H groups in total. The molecule has 0 saturated carbocycles. The first-order chi connectivity index (χ1) is 9.25. The SMILES string of the molecule is O=C(Nc1cccc(Cl)c1-n1cccn1)C1CNC1. The smallest absolute Gasteiger partial charge is 0.230 e. The summed E-state index contributed by atoms with van der Waals surface area (Å²) in [6.45, 7) is 1.45. The molecule has 1 aromatic heterocycles. The van der Waals surface area contributed by atoms with Crippen molar-refractivity contribution in [1.29, 1.82) is 0 Å². The molecule has 0 radical (unpaired) electrons. The lowest BCUT2D eigenvalue weighted by Gasteiger charge is -2.26. The molecule has 0 spiro atoms. The second-order valence-electron chi connectivity index (χ2n) is 4.43. The fraction of sp³-hybridized carbons (Fsp3) is 0.231. The van der Waals surface area contributed by atoms with E-state index in [0.29, 0.717) is 16.4 Å². The van der Waals surface area contributed by atoms with Gasteiger partial charge in [0.1, 0.15) is 5.69 Å². The van der Waals surface area contributed by atoms with Crippen LogP contribution in [0.25, 0.3) is 5.69 Å². The third-order valence-electron chi connectivity index (χ3n) is 3.13. The van der Waals surface area contributed by atoms with Crippen LogP contribution in [0, 0.1) is 5.92 Å². The van der Waals surface area contributed by atoms with Gasteiger partial charge in [0.25, 0.3) is 0 Å². The Bertz CT molecular complexity index is 593. The van der Waals surface area contributed by atoms with Gasteiger partial charge in [-0.05, 0) is 18.2 Å². The number of rotatable bonds is 3. The number of hydrogen-bond donors (Lipinski definition) is 2. The lowest BCUT2D eigenvalue weighted by atomic mass is 10.0. The van der Waals surface area contributed by atoms with Gasteiger partial charge in [-0.2, -0.15) is 5.10 Å². The Morgan fingerprint density at radius 3 is 2.89 bits per heavy atom. The third kappa shape index (κ3) is 2.34. The molecule has 1 aromatic carbocycles. The number of para-hydroxylation sites is 1. The summed E-state index contributed by atoms with van der Waals surface area (Å²) < 4.78 is 1.65. The van der Waals surface area contributed by atoms with Crippen LogP contribution in [0.4, 0.5) is 5.69 Å². The normalized spacial score (nSPS) is 15.0. The maximum atomic E-state index is 12.0. The van der Waals surface area contributed by atoms with Gasteiger partial charge in [-0.25, -0.2) is 4.68 Å². The number of carbonyl (C=O) groups is 1. The molecular weight excluding hydrogens is 264 g/mol.